The van der Waals surface area contributed by atoms with Crippen molar-refractivity contribution >= 4 is 34.6 Å². The lowest BCUT2D eigenvalue weighted by Crippen LogP contribution is -2.47. The maximum absolute atomic E-state index is 12.1. The quantitative estimate of drug-likeness (QED) is 0.770. The van der Waals surface area contributed by atoms with Crippen molar-refractivity contribution in [3.05, 3.63) is 65.1 Å². The summed E-state index contributed by atoms with van der Waals surface area (Å²) in [6.45, 7) is 3.61. The van der Waals surface area contributed by atoms with Gasteiger partial charge in [0.15, 0.2) is 0 Å². The predicted octanol–water partition coefficient (Wildman–Crippen LogP) is 3.12. The number of hydrogen-bond acceptors (Lipinski definition) is 6. The van der Waals surface area contributed by atoms with E-state index in [-0.39, 0.29) is 5.91 Å². The molecule has 3 aromatic heterocycles. The maximum atomic E-state index is 12.1. The predicted molar refractivity (Wildman–Crippen MR) is 105 cm³/mol. The number of thiophene rings is 1. The Balaban J connectivity index is 1.35. The van der Waals surface area contributed by atoms with Crippen LogP contribution in [-0.2, 0) is 0 Å². The average Bonchev–Trinajstić information content (AvgIpc) is 3.25. The molecule has 1 saturated heterocycles. The van der Waals surface area contributed by atoms with Crippen molar-refractivity contribution in [2.24, 2.45) is 0 Å². The lowest BCUT2D eigenvalue weighted by Gasteiger charge is -2.36. The van der Waals surface area contributed by atoms with Gasteiger partial charge in [-0.1, -0.05) is 12.1 Å². The van der Waals surface area contributed by atoms with Gasteiger partial charge in [-0.05, 0) is 35.7 Å². The van der Waals surface area contributed by atoms with E-state index in [1.54, 1.807) is 6.20 Å². The maximum Gasteiger partial charge on any atom is 0.265 e. The number of carbonyl (C=O) groups excluding carboxylic acids is 1. The van der Waals surface area contributed by atoms with E-state index >= 15 is 0 Å². The van der Waals surface area contributed by atoms with Crippen molar-refractivity contribution in [3.63, 3.8) is 0 Å². The summed E-state index contributed by atoms with van der Waals surface area (Å²) in [6, 6.07) is 13.5. The smallest absolute Gasteiger partial charge is 0.265 e. The standard InChI is InChI=1S/C19H19N5OS/c25-19(16-4-3-13-26-16)22-15-6-7-18(21-14-15)24-11-9-23(10-12-24)17-5-1-2-8-20-17/h1-8,13-14H,9-12H2,(H,22,25). The SMILES string of the molecule is O=C(Nc1ccc(N2CCN(c3ccccn3)CC2)nc1)c1cccs1. The monoisotopic (exact) mass is 365 g/mol. The first kappa shape index (κ1) is 16.5. The molecule has 4 heterocycles. The summed E-state index contributed by atoms with van der Waals surface area (Å²) in [6.07, 6.45) is 3.54. The summed E-state index contributed by atoms with van der Waals surface area (Å²) in [4.78, 5) is 26.2. The molecule has 132 valence electrons. The molecule has 0 bridgehead atoms. The van der Waals surface area contributed by atoms with E-state index in [9.17, 15) is 4.79 Å². The van der Waals surface area contributed by atoms with Crippen molar-refractivity contribution in [2.45, 2.75) is 0 Å². The van der Waals surface area contributed by atoms with Crippen LogP contribution in [-0.4, -0.2) is 42.1 Å². The second kappa shape index (κ2) is 7.53. The van der Waals surface area contributed by atoms with E-state index in [2.05, 4.69) is 25.1 Å². The summed E-state index contributed by atoms with van der Waals surface area (Å²) in [7, 11) is 0. The molecule has 4 rings (SSSR count). The first-order valence-corrected chi connectivity index (χ1v) is 9.39. The fourth-order valence-electron chi connectivity index (χ4n) is 2.95. The van der Waals surface area contributed by atoms with Gasteiger partial charge in [0.2, 0.25) is 0 Å². The molecule has 0 saturated carbocycles. The minimum atomic E-state index is -0.0986. The molecule has 0 aliphatic carbocycles. The van der Waals surface area contributed by atoms with Gasteiger partial charge < -0.3 is 15.1 Å². The lowest BCUT2D eigenvalue weighted by atomic mass is 10.3. The fraction of sp³-hybridized carbons (Fsp3) is 0.211. The number of piperazine rings is 1. The van der Waals surface area contributed by atoms with Crippen LogP contribution in [0.15, 0.2) is 60.2 Å². The molecule has 0 spiro atoms. The molecular weight excluding hydrogens is 346 g/mol. The molecule has 26 heavy (non-hydrogen) atoms. The van der Waals surface area contributed by atoms with E-state index in [0.717, 1.165) is 37.8 Å². The van der Waals surface area contributed by atoms with Gasteiger partial charge in [0, 0.05) is 32.4 Å². The van der Waals surface area contributed by atoms with Crippen molar-refractivity contribution in [1.29, 1.82) is 0 Å². The second-order valence-electron chi connectivity index (χ2n) is 6.00. The Bertz CT molecular complexity index is 843. The average molecular weight is 365 g/mol. The first-order valence-electron chi connectivity index (χ1n) is 8.51. The third-order valence-corrected chi connectivity index (χ3v) is 5.20. The topological polar surface area (TPSA) is 61.4 Å². The highest BCUT2D eigenvalue weighted by molar-refractivity contribution is 7.12. The van der Waals surface area contributed by atoms with Gasteiger partial charge in [0.1, 0.15) is 11.6 Å². The van der Waals surface area contributed by atoms with E-state index in [1.165, 1.54) is 11.3 Å². The molecule has 0 atom stereocenters. The molecule has 1 fully saturated rings. The van der Waals surface area contributed by atoms with Crippen LogP contribution >= 0.6 is 11.3 Å². The van der Waals surface area contributed by atoms with E-state index in [1.807, 2.05) is 54.0 Å². The van der Waals surface area contributed by atoms with Gasteiger partial charge >= 0.3 is 0 Å². The van der Waals surface area contributed by atoms with Gasteiger partial charge in [-0.3, -0.25) is 4.79 Å². The zero-order chi connectivity index (χ0) is 17.8. The highest BCUT2D eigenvalue weighted by Gasteiger charge is 2.19. The van der Waals surface area contributed by atoms with Crippen LogP contribution in [0.5, 0.6) is 0 Å². The van der Waals surface area contributed by atoms with E-state index in [0.29, 0.717) is 10.6 Å². The first-order chi connectivity index (χ1) is 12.8. The molecule has 1 amide bonds. The molecular formula is C19H19N5OS. The zero-order valence-corrected chi connectivity index (χ0v) is 15.0. The lowest BCUT2D eigenvalue weighted by molar-refractivity contribution is 0.103. The molecule has 3 aromatic rings. The fourth-order valence-corrected chi connectivity index (χ4v) is 3.57. The Morgan fingerprint density at radius 1 is 0.923 bits per heavy atom. The van der Waals surface area contributed by atoms with Crippen molar-refractivity contribution in [3.8, 4) is 0 Å². The third-order valence-electron chi connectivity index (χ3n) is 4.33. The van der Waals surface area contributed by atoms with Gasteiger partial charge in [-0.25, -0.2) is 9.97 Å². The molecule has 1 aliphatic heterocycles. The zero-order valence-electron chi connectivity index (χ0n) is 14.2. The number of nitrogens with one attached hydrogen (secondary N) is 1. The van der Waals surface area contributed by atoms with Crippen LogP contribution in [0.25, 0.3) is 0 Å². The molecule has 0 unspecified atom stereocenters. The molecule has 0 aromatic carbocycles. The molecule has 0 radical (unpaired) electrons. The van der Waals surface area contributed by atoms with Crippen LogP contribution in [0.3, 0.4) is 0 Å². The minimum Gasteiger partial charge on any atom is -0.353 e. The number of aromatic nitrogens is 2. The normalized spacial score (nSPS) is 14.3. The highest BCUT2D eigenvalue weighted by atomic mass is 32.1. The molecule has 7 heteroatoms. The van der Waals surface area contributed by atoms with Gasteiger partial charge in [0.05, 0.1) is 16.8 Å². The number of nitrogens with zero attached hydrogens (tertiary/aromatic N) is 4. The van der Waals surface area contributed by atoms with Crippen molar-refractivity contribution in [1.82, 2.24) is 9.97 Å². The Labute approximate surface area is 156 Å². The third kappa shape index (κ3) is 3.67. The summed E-state index contributed by atoms with van der Waals surface area (Å²) in [5.41, 5.74) is 0.708. The number of hydrogen-bond donors (Lipinski definition) is 1. The van der Waals surface area contributed by atoms with Gasteiger partial charge in [0.25, 0.3) is 5.91 Å². The number of carbonyl (C=O) groups is 1. The minimum absolute atomic E-state index is 0.0986. The molecule has 1 aliphatic rings. The van der Waals surface area contributed by atoms with Crippen LogP contribution < -0.4 is 15.1 Å². The second-order valence-corrected chi connectivity index (χ2v) is 6.95. The number of amides is 1. The Hall–Kier alpha value is -2.93. The van der Waals surface area contributed by atoms with Gasteiger partial charge in [-0.15, -0.1) is 11.3 Å². The van der Waals surface area contributed by atoms with Crippen LogP contribution in [0.1, 0.15) is 9.67 Å². The largest absolute Gasteiger partial charge is 0.353 e. The summed E-state index contributed by atoms with van der Waals surface area (Å²) in [5, 5.41) is 4.77. The van der Waals surface area contributed by atoms with Crippen molar-refractivity contribution < 1.29 is 4.79 Å². The van der Waals surface area contributed by atoms with Crippen LogP contribution in [0, 0.1) is 0 Å². The number of anilines is 3. The Morgan fingerprint density at radius 2 is 1.69 bits per heavy atom. The Morgan fingerprint density at radius 3 is 2.27 bits per heavy atom. The summed E-state index contributed by atoms with van der Waals surface area (Å²) < 4.78 is 0. The molecule has 6 nitrogen and oxygen atoms in total. The number of rotatable bonds is 4. The van der Waals surface area contributed by atoms with Crippen molar-refractivity contribution in [2.75, 3.05) is 41.3 Å². The molecule has 1 N–H and O–H groups in total. The Kier molecular flexibility index (Phi) is 4.79. The van der Waals surface area contributed by atoms with Gasteiger partial charge in [-0.2, -0.15) is 0 Å². The van der Waals surface area contributed by atoms with Crippen LogP contribution in [0.2, 0.25) is 0 Å². The highest BCUT2D eigenvalue weighted by Crippen LogP contribution is 2.19. The number of pyridine rings is 2. The van der Waals surface area contributed by atoms with E-state index in [4.69, 9.17) is 0 Å². The van der Waals surface area contributed by atoms with Crippen LogP contribution in [0.4, 0.5) is 17.3 Å². The summed E-state index contributed by atoms with van der Waals surface area (Å²) >= 11 is 1.42. The van der Waals surface area contributed by atoms with E-state index < -0.39 is 0 Å². The summed E-state index contributed by atoms with van der Waals surface area (Å²) in [5.74, 6) is 1.85.